The van der Waals surface area contributed by atoms with Gasteiger partial charge in [0.1, 0.15) is 12.4 Å². The summed E-state index contributed by atoms with van der Waals surface area (Å²) < 4.78 is 39.3. The number of sulfonamides is 1. The second kappa shape index (κ2) is 10.3. The fraction of sp³-hybridized carbons (Fsp3) is 0.130. The quantitative estimate of drug-likeness (QED) is 0.198. The van der Waals surface area contributed by atoms with Crippen molar-refractivity contribution in [3.05, 3.63) is 94.9 Å². The summed E-state index contributed by atoms with van der Waals surface area (Å²) in [6, 6.07) is 20.7. The number of nitrogens with zero attached hydrogens (tertiary/aromatic N) is 4. The average Bonchev–Trinajstić information content (AvgIpc) is 3.33. The van der Waals surface area contributed by atoms with Crippen molar-refractivity contribution in [2.75, 3.05) is 18.9 Å². The van der Waals surface area contributed by atoms with Crippen molar-refractivity contribution in [3.8, 4) is 17.2 Å². The molecule has 11 nitrogen and oxygen atoms in total. The summed E-state index contributed by atoms with van der Waals surface area (Å²) in [5, 5.41) is 19.4. The molecule has 0 saturated carbocycles. The summed E-state index contributed by atoms with van der Waals surface area (Å²) in [6.07, 6.45) is 0. The Morgan fingerprint density at radius 2 is 1.66 bits per heavy atom. The van der Waals surface area contributed by atoms with Gasteiger partial charge >= 0.3 is 0 Å². The molecule has 0 radical (unpaired) electrons. The third kappa shape index (κ3) is 5.62. The highest BCUT2D eigenvalue weighted by Crippen LogP contribution is 2.28. The summed E-state index contributed by atoms with van der Waals surface area (Å²) in [7, 11) is -4.32. The number of nitrogens with two attached hydrogens (primary N) is 1. The number of aromatic nitrogens is 2. The number of ether oxygens (including phenoxy) is 1. The Morgan fingerprint density at radius 1 is 0.971 bits per heavy atom. The number of hydrogen-bond donors (Lipinski definition) is 1. The van der Waals surface area contributed by atoms with Crippen LogP contribution in [0.3, 0.4) is 0 Å². The van der Waals surface area contributed by atoms with E-state index in [2.05, 4.69) is 10.2 Å². The Labute approximate surface area is 201 Å². The molecule has 0 amide bonds. The van der Waals surface area contributed by atoms with Crippen LogP contribution in [0.15, 0.2) is 88.2 Å². The summed E-state index contributed by atoms with van der Waals surface area (Å²) in [5.74, 6) is 0.751. The van der Waals surface area contributed by atoms with E-state index in [1.165, 1.54) is 18.2 Å². The maximum absolute atomic E-state index is 13.5. The fourth-order valence-electron chi connectivity index (χ4n) is 3.24. The molecule has 35 heavy (non-hydrogen) atoms. The van der Waals surface area contributed by atoms with E-state index in [1.54, 1.807) is 48.5 Å². The Hall–Kier alpha value is -4.29. The lowest BCUT2D eigenvalue weighted by Gasteiger charge is -2.20. The molecule has 0 aliphatic rings. The van der Waals surface area contributed by atoms with Crippen LogP contribution in [0.25, 0.3) is 11.5 Å². The fourth-order valence-corrected chi connectivity index (χ4v) is 4.77. The summed E-state index contributed by atoms with van der Waals surface area (Å²) >= 11 is 0. The maximum Gasteiger partial charge on any atom is 0.289 e. The van der Waals surface area contributed by atoms with E-state index in [0.29, 0.717) is 17.0 Å². The standard InChI is InChI=1S/C23H21N5O6S/c24-18-12-10-17(11-13-18)23-26-25-22(34-23)16-27(14-15-33-19-6-2-1-3-7-19)35(31,32)21-9-5-4-8-20(21)28(29)30/h1-13H,14-16,24H2. The first kappa shape index (κ1) is 23.9. The Kier molecular flexibility index (Phi) is 7.03. The molecule has 1 heterocycles. The smallest absolute Gasteiger partial charge is 0.289 e. The Bertz CT molecular complexity index is 1410. The van der Waals surface area contributed by atoms with Crippen molar-refractivity contribution in [2.24, 2.45) is 0 Å². The number of anilines is 1. The van der Waals surface area contributed by atoms with Crippen LogP contribution in [0.1, 0.15) is 5.89 Å². The van der Waals surface area contributed by atoms with E-state index < -0.39 is 25.5 Å². The van der Waals surface area contributed by atoms with E-state index >= 15 is 0 Å². The molecular weight excluding hydrogens is 474 g/mol. The number of nitro groups is 1. The molecule has 0 aliphatic carbocycles. The normalized spacial score (nSPS) is 11.5. The molecule has 0 aliphatic heterocycles. The minimum absolute atomic E-state index is 0.0111. The van der Waals surface area contributed by atoms with Crippen molar-refractivity contribution < 1.29 is 22.5 Å². The summed E-state index contributed by atoms with van der Waals surface area (Å²) in [5.41, 5.74) is 6.34. The van der Waals surface area contributed by atoms with Gasteiger partial charge in [0.05, 0.1) is 11.5 Å². The molecule has 4 aromatic rings. The molecule has 2 N–H and O–H groups in total. The lowest BCUT2D eigenvalue weighted by Crippen LogP contribution is -2.34. The largest absolute Gasteiger partial charge is 0.492 e. The maximum atomic E-state index is 13.5. The molecule has 0 saturated heterocycles. The van der Waals surface area contributed by atoms with E-state index in [9.17, 15) is 18.5 Å². The Balaban J connectivity index is 1.61. The summed E-state index contributed by atoms with van der Waals surface area (Å²) in [4.78, 5) is 10.3. The van der Waals surface area contributed by atoms with Crippen LogP contribution in [-0.2, 0) is 16.6 Å². The molecular formula is C23H21N5O6S. The number of hydrogen-bond acceptors (Lipinski definition) is 9. The van der Waals surface area contributed by atoms with Crippen molar-refractivity contribution >= 4 is 21.4 Å². The van der Waals surface area contributed by atoms with Gasteiger partial charge in [-0.05, 0) is 42.5 Å². The third-order valence-electron chi connectivity index (χ3n) is 4.97. The van der Waals surface area contributed by atoms with Crippen molar-refractivity contribution in [1.29, 1.82) is 0 Å². The molecule has 3 aromatic carbocycles. The van der Waals surface area contributed by atoms with E-state index in [-0.39, 0.29) is 31.5 Å². The van der Waals surface area contributed by atoms with Crippen LogP contribution in [0.2, 0.25) is 0 Å². The number of benzene rings is 3. The monoisotopic (exact) mass is 495 g/mol. The minimum atomic E-state index is -4.32. The summed E-state index contributed by atoms with van der Waals surface area (Å²) in [6.45, 7) is -0.444. The highest BCUT2D eigenvalue weighted by molar-refractivity contribution is 7.89. The topological polar surface area (TPSA) is 155 Å². The second-order valence-corrected chi connectivity index (χ2v) is 9.25. The van der Waals surface area contributed by atoms with Crippen molar-refractivity contribution in [2.45, 2.75) is 11.4 Å². The van der Waals surface area contributed by atoms with Gasteiger partial charge in [-0.15, -0.1) is 10.2 Å². The van der Waals surface area contributed by atoms with Gasteiger partial charge in [0.2, 0.25) is 11.8 Å². The third-order valence-corrected chi connectivity index (χ3v) is 6.86. The van der Waals surface area contributed by atoms with Crippen LogP contribution >= 0.6 is 0 Å². The number of nitrogen functional groups attached to an aromatic ring is 1. The van der Waals surface area contributed by atoms with E-state index in [0.717, 1.165) is 10.4 Å². The van der Waals surface area contributed by atoms with Gasteiger partial charge in [-0.1, -0.05) is 30.3 Å². The SMILES string of the molecule is Nc1ccc(-c2nnc(CN(CCOc3ccccc3)S(=O)(=O)c3ccccc3[N+](=O)[O-])o2)cc1. The zero-order valence-electron chi connectivity index (χ0n) is 18.4. The molecule has 1 aromatic heterocycles. The number of rotatable bonds is 10. The van der Waals surface area contributed by atoms with Gasteiger partial charge < -0.3 is 14.9 Å². The van der Waals surface area contributed by atoms with Gasteiger partial charge in [-0.2, -0.15) is 4.31 Å². The molecule has 0 atom stereocenters. The molecule has 4 rings (SSSR count). The highest BCUT2D eigenvalue weighted by atomic mass is 32.2. The van der Waals surface area contributed by atoms with Gasteiger partial charge in [0.25, 0.3) is 15.7 Å². The van der Waals surface area contributed by atoms with Crippen LogP contribution in [0, 0.1) is 10.1 Å². The zero-order valence-corrected chi connectivity index (χ0v) is 19.2. The predicted octanol–water partition coefficient (Wildman–Crippen LogP) is 3.50. The predicted molar refractivity (Wildman–Crippen MR) is 127 cm³/mol. The highest BCUT2D eigenvalue weighted by Gasteiger charge is 2.32. The molecule has 0 spiro atoms. The van der Waals surface area contributed by atoms with Gasteiger partial charge in [-0.25, -0.2) is 8.42 Å². The molecule has 0 bridgehead atoms. The van der Waals surface area contributed by atoms with Gasteiger partial charge in [0, 0.05) is 23.9 Å². The number of nitro benzene ring substituents is 1. The van der Waals surface area contributed by atoms with Crippen molar-refractivity contribution in [3.63, 3.8) is 0 Å². The molecule has 0 fully saturated rings. The lowest BCUT2D eigenvalue weighted by molar-refractivity contribution is -0.387. The molecule has 0 unspecified atom stereocenters. The Morgan fingerprint density at radius 3 is 2.37 bits per heavy atom. The first-order valence-electron chi connectivity index (χ1n) is 10.4. The van der Waals surface area contributed by atoms with Crippen LogP contribution in [0.5, 0.6) is 5.75 Å². The zero-order chi connectivity index (χ0) is 24.8. The van der Waals surface area contributed by atoms with Gasteiger partial charge in [0.15, 0.2) is 4.90 Å². The first-order chi connectivity index (χ1) is 16.8. The van der Waals surface area contributed by atoms with Gasteiger partial charge in [-0.3, -0.25) is 10.1 Å². The van der Waals surface area contributed by atoms with Crippen molar-refractivity contribution in [1.82, 2.24) is 14.5 Å². The first-order valence-corrected chi connectivity index (χ1v) is 11.9. The van der Waals surface area contributed by atoms with E-state index in [1.807, 2.05) is 6.07 Å². The minimum Gasteiger partial charge on any atom is -0.492 e. The van der Waals surface area contributed by atoms with E-state index in [4.69, 9.17) is 14.9 Å². The molecule has 12 heteroatoms. The second-order valence-electron chi connectivity index (χ2n) is 7.35. The van der Waals surface area contributed by atoms with Crippen LogP contribution in [0.4, 0.5) is 11.4 Å². The average molecular weight is 496 g/mol. The lowest BCUT2D eigenvalue weighted by atomic mass is 10.2. The van der Waals surface area contributed by atoms with Crippen LogP contribution < -0.4 is 10.5 Å². The molecule has 180 valence electrons. The van der Waals surface area contributed by atoms with Crippen LogP contribution in [-0.4, -0.2) is 41.0 Å². The number of para-hydroxylation sites is 2.